The molecule has 4 rings (SSSR count). The molecule has 6 heteroatoms. The molecule has 28 heavy (non-hydrogen) atoms. The SMILES string of the molecule is CC(Oc1ccc2ccccc2c1)C(=O)NCc1nc(-c2ccccc2)no1. The summed E-state index contributed by atoms with van der Waals surface area (Å²) < 4.78 is 11.0. The lowest BCUT2D eigenvalue weighted by molar-refractivity contribution is -0.127. The van der Waals surface area contributed by atoms with Crippen molar-refractivity contribution in [3.63, 3.8) is 0 Å². The average molecular weight is 373 g/mol. The zero-order valence-corrected chi connectivity index (χ0v) is 15.3. The van der Waals surface area contributed by atoms with Crippen LogP contribution in [-0.2, 0) is 11.3 Å². The molecule has 0 aliphatic heterocycles. The fraction of sp³-hybridized carbons (Fsp3) is 0.136. The summed E-state index contributed by atoms with van der Waals surface area (Å²) in [5, 5.41) is 8.88. The molecule has 0 saturated carbocycles. The van der Waals surface area contributed by atoms with Gasteiger partial charge in [-0.2, -0.15) is 4.98 Å². The van der Waals surface area contributed by atoms with Crippen LogP contribution in [0.4, 0.5) is 0 Å². The molecular weight excluding hydrogens is 354 g/mol. The van der Waals surface area contributed by atoms with Crippen molar-refractivity contribution >= 4 is 16.7 Å². The summed E-state index contributed by atoms with van der Waals surface area (Å²) in [6, 6.07) is 23.3. The minimum Gasteiger partial charge on any atom is -0.481 e. The van der Waals surface area contributed by atoms with Gasteiger partial charge in [0, 0.05) is 5.56 Å². The van der Waals surface area contributed by atoms with E-state index in [0.29, 0.717) is 17.5 Å². The van der Waals surface area contributed by atoms with E-state index in [4.69, 9.17) is 9.26 Å². The van der Waals surface area contributed by atoms with E-state index in [1.807, 2.05) is 72.8 Å². The molecule has 1 amide bonds. The second kappa shape index (κ2) is 7.92. The van der Waals surface area contributed by atoms with E-state index in [0.717, 1.165) is 16.3 Å². The summed E-state index contributed by atoms with van der Waals surface area (Å²) in [5.74, 6) is 1.22. The summed E-state index contributed by atoms with van der Waals surface area (Å²) in [7, 11) is 0. The molecule has 0 spiro atoms. The van der Waals surface area contributed by atoms with Gasteiger partial charge in [0.05, 0.1) is 6.54 Å². The number of benzene rings is 3. The highest BCUT2D eigenvalue weighted by atomic mass is 16.5. The summed E-state index contributed by atoms with van der Waals surface area (Å²) in [6.45, 7) is 1.85. The van der Waals surface area contributed by atoms with E-state index < -0.39 is 6.10 Å². The van der Waals surface area contributed by atoms with E-state index in [-0.39, 0.29) is 12.5 Å². The fourth-order valence-electron chi connectivity index (χ4n) is 2.84. The average Bonchev–Trinajstić information content (AvgIpc) is 3.21. The standard InChI is InChI=1S/C22H19N3O3/c1-15(27-19-12-11-16-7-5-6-10-18(16)13-19)22(26)23-14-20-24-21(25-28-20)17-8-3-2-4-9-17/h2-13,15H,14H2,1H3,(H,23,26). The Bertz CT molecular complexity index is 1090. The number of carbonyl (C=O) groups excluding carboxylic acids is 1. The second-order valence-corrected chi connectivity index (χ2v) is 6.36. The van der Waals surface area contributed by atoms with Crippen LogP contribution in [0.1, 0.15) is 12.8 Å². The third kappa shape index (κ3) is 4.01. The molecule has 6 nitrogen and oxygen atoms in total. The van der Waals surface area contributed by atoms with Crippen LogP contribution in [0.15, 0.2) is 77.3 Å². The number of aromatic nitrogens is 2. The predicted octanol–water partition coefficient (Wildman–Crippen LogP) is 3.97. The first-order chi connectivity index (χ1) is 13.7. The zero-order chi connectivity index (χ0) is 19.3. The highest BCUT2D eigenvalue weighted by Crippen LogP contribution is 2.21. The van der Waals surface area contributed by atoms with Crippen molar-refractivity contribution in [3.05, 3.63) is 78.7 Å². The van der Waals surface area contributed by atoms with Crippen molar-refractivity contribution in [1.82, 2.24) is 15.5 Å². The van der Waals surface area contributed by atoms with E-state index >= 15 is 0 Å². The summed E-state index contributed by atoms with van der Waals surface area (Å²) in [6.07, 6.45) is -0.655. The predicted molar refractivity (Wildman–Crippen MR) is 106 cm³/mol. The first-order valence-corrected chi connectivity index (χ1v) is 9.00. The maximum atomic E-state index is 12.3. The molecule has 1 aromatic heterocycles. The van der Waals surface area contributed by atoms with Crippen molar-refractivity contribution in [2.45, 2.75) is 19.6 Å². The molecule has 0 aliphatic carbocycles. The third-order valence-electron chi connectivity index (χ3n) is 4.32. The van der Waals surface area contributed by atoms with Crippen LogP contribution in [0.5, 0.6) is 5.75 Å². The Labute approximate surface area is 162 Å². The minimum atomic E-state index is -0.655. The van der Waals surface area contributed by atoms with Crippen LogP contribution in [0, 0.1) is 0 Å². The molecule has 1 atom stereocenters. The van der Waals surface area contributed by atoms with Crippen molar-refractivity contribution in [3.8, 4) is 17.1 Å². The summed E-state index contributed by atoms with van der Waals surface area (Å²) in [4.78, 5) is 16.6. The number of ether oxygens (including phenoxy) is 1. The van der Waals surface area contributed by atoms with Crippen LogP contribution < -0.4 is 10.1 Å². The molecule has 0 aliphatic rings. The van der Waals surface area contributed by atoms with E-state index in [1.54, 1.807) is 6.92 Å². The molecule has 1 heterocycles. The zero-order valence-electron chi connectivity index (χ0n) is 15.3. The van der Waals surface area contributed by atoms with Crippen molar-refractivity contribution in [2.75, 3.05) is 0 Å². The topological polar surface area (TPSA) is 77.2 Å². The van der Waals surface area contributed by atoms with Gasteiger partial charge in [0.25, 0.3) is 5.91 Å². The van der Waals surface area contributed by atoms with Gasteiger partial charge < -0.3 is 14.6 Å². The highest BCUT2D eigenvalue weighted by Gasteiger charge is 2.16. The number of fused-ring (bicyclic) bond motifs is 1. The Morgan fingerprint density at radius 2 is 1.79 bits per heavy atom. The number of nitrogens with zero attached hydrogens (tertiary/aromatic N) is 2. The van der Waals surface area contributed by atoms with Crippen molar-refractivity contribution in [1.29, 1.82) is 0 Å². The first kappa shape index (κ1) is 17.7. The van der Waals surface area contributed by atoms with Gasteiger partial charge in [-0.25, -0.2) is 0 Å². The molecule has 140 valence electrons. The molecule has 4 aromatic rings. The molecule has 0 saturated heterocycles. The largest absolute Gasteiger partial charge is 0.481 e. The Kier molecular flexibility index (Phi) is 5.01. The van der Waals surface area contributed by atoms with Gasteiger partial charge in [-0.3, -0.25) is 4.79 Å². The molecular formula is C22H19N3O3. The van der Waals surface area contributed by atoms with Gasteiger partial charge in [-0.1, -0.05) is 65.8 Å². The Hall–Kier alpha value is -3.67. The van der Waals surface area contributed by atoms with Crippen LogP contribution in [0.2, 0.25) is 0 Å². The van der Waals surface area contributed by atoms with Crippen molar-refractivity contribution in [2.24, 2.45) is 0 Å². The van der Waals surface area contributed by atoms with E-state index in [2.05, 4.69) is 15.5 Å². The fourth-order valence-corrected chi connectivity index (χ4v) is 2.84. The minimum absolute atomic E-state index is 0.143. The normalized spacial score (nSPS) is 11.9. The smallest absolute Gasteiger partial charge is 0.261 e. The number of amides is 1. The molecule has 0 fully saturated rings. The van der Waals surface area contributed by atoms with Gasteiger partial charge in [0.2, 0.25) is 11.7 Å². The Balaban J connectivity index is 1.35. The lowest BCUT2D eigenvalue weighted by Gasteiger charge is -2.14. The number of rotatable bonds is 6. The number of hydrogen-bond acceptors (Lipinski definition) is 5. The van der Waals surface area contributed by atoms with Crippen LogP contribution >= 0.6 is 0 Å². The first-order valence-electron chi connectivity index (χ1n) is 9.00. The van der Waals surface area contributed by atoms with Gasteiger partial charge in [-0.05, 0) is 29.8 Å². The van der Waals surface area contributed by atoms with Gasteiger partial charge in [-0.15, -0.1) is 0 Å². The van der Waals surface area contributed by atoms with E-state index in [1.165, 1.54) is 0 Å². The molecule has 1 N–H and O–H groups in total. The Morgan fingerprint density at radius 1 is 1.04 bits per heavy atom. The quantitative estimate of drug-likeness (QED) is 0.553. The number of hydrogen-bond donors (Lipinski definition) is 1. The maximum Gasteiger partial charge on any atom is 0.261 e. The van der Waals surface area contributed by atoms with Gasteiger partial charge in [0.15, 0.2) is 6.10 Å². The lowest BCUT2D eigenvalue weighted by Crippen LogP contribution is -2.35. The van der Waals surface area contributed by atoms with Crippen LogP contribution in [-0.4, -0.2) is 22.2 Å². The monoisotopic (exact) mass is 373 g/mol. The number of nitrogens with one attached hydrogen (secondary N) is 1. The van der Waals surface area contributed by atoms with Crippen molar-refractivity contribution < 1.29 is 14.1 Å². The molecule has 0 bridgehead atoms. The van der Waals surface area contributed by atoms with Gasteiger partial charge in [0.1, 0.15) is 5.75 Å². The number of carbonyl (C=O) groups is 1. The van der Waals surface area contributed by atoms with E-state index in [9.17, 15) is 4.79 Å². The summed E-state index contributed by atoms with van der Waals surface area (Å²) in [5.41, 5.74) is 0.858. The molecule has 1 unspecified atom stereocenters. The van der Waals surface area contributed by atoms with Crippen LogP contribution in [0.3, 0.4) is 0 Å². The second-order valence-electron chi connectivity index (χ2n) is 6.36. The third-order valence-corrected chi connectivity index (χ3v) is 4.32. The van der Waals surface area contributed by atoms with Crippen LogP contribution in [0.25, 0.3) is 22.2 Å². The molecule has 0 radical (unpaired) electrons. The Morgan fingerprint density at radius 3 is 2.61 bits per heavy atom. The summed E-state index contributed by atoms with van der Waals surface area (Å²) >= 11 is 0. The maximum absolute atomic E-state index is 12.3. The highest BCUT2D eigenvalue weighted by molar-refractivity contribution is 5.84. The van der Waals surface area contributed by atoms with Gasteiger partial charge >= 0.3 is 0 Å². The molecule has 3 aromatic carbocycles. The lowest BCUT2D eigenvalue weighted by atomic mass is 10.1.